The van der Waals surface area contributed by atoms with Crippen molar-refractivity contribution in [2.75, 3.05) is 19.7 Å². The maximum Gasteiger partial charge on any atom is 0.255 e. The molecule has 0 spiro atoms. The van der Waals surface area contributed by atoms with Gasteiger partial charge in [-0.1, -0.05) is 65.2 Å². The number of nitrogens with zero attached hydrogens (tertiary/aromatic N) is 2. The van der Waals surface area contributed by atoms with E-state index in [0.717, 1.165) is 24.0 Å². The summed E-state index contributed by atoms with van der Waals surface area (Å²) in [6.45, 7) is 2.80. The van der Waals surface area contributed by atoms with Gasteiger partial charge in [0.1, 0.15) is 12.1 Å². The zero-order chi connectivity index (χ0) is 28.9. The maximum atomic E-state index is 13.9. The summed E-state index contributed by atoms with van der Waals surface area (Å²) in [5, 5.41) is 1.08. The number of benzene rings is 3. The van der Waals surface area contributed by atoms with Crippen molar-refractivity contribution >= 4 is 46.0 Å². The fourth-order valence-electron chi connectivity index (χ4n) is 4.99. The first kappa shape index (κ1) is 28.9. The van der Waals surface area contributed by atoms with Crippen molar-refractivity contribution < 1.29 is 18.7 Å². The molecule has 0 radical (unpaired) electrons. The normalized spacial score (nSPS) is 14.8. The Labute approximate surface area is 248 Å². The van der Waals surface area contributed by atoms with Crippen molar-refractivity contribution in [1.82, 2.24) is 9.80 Å². The average Bonchev–Trinajstić information content (AvgIpc) is 3.47. The molecule has 2 heterocycles. The van der Waals surface area contributed by atoms with Crippen molar-refractivity contribution in [3.63, 3.8) is 0 Å². The van der Waals surface area contributed by atoms with Crippen LogP contribution in [0.2, 0.25) is 10.0 Å². The van der Waals surface area contributed by atoms with E-state index in [4.69, 9.17) is 32.4 Å². The number of hydrogen-bond acceptors (Lipinski definition) is 5. The van der Waals surface area contributed by atoms with E-state index in [0.29, 0.717) is 28.2 Å². The van der Waals surface area contributed by atoms with Gasteiger partial charge >= 0.3 is 0 Å². The summed E-state index contributed by atoms with van der Waals surface area (Å²) in [6.07, 6.45) is 2.90. The van der Waals surface area contributed by atoms with Crippen LogP contribution < -0.4 is 5.43 Å². The second-order valence-electron chi connectivity index (χ2n) is 10.3. The van der Waals surface area contributed by atoms with E-state index >= 15 is 0 Å². The Hall–Kier alpha value is -3.65. The van der Waals surface area contributed by atoms with Gasteiger partial charge in [0, 0.05) is 24.7 Å². The van der Waals surface area contributed by atoms with Gasteiger partial charge in [0.2, 0.25) is 5.91 Å². The van der Waals surface area contributed by atoms with E-state index in [1.54, 1.807) is 29.2 Å². The van der Waals surface area contributed by atoms with E-state index in [9.17, 15) is 14.4 Å². The SMILES string of the molecule is Cc1ccc2occ(CN(Cc3ccccc3)C(=O)CN(CC3CCCO3)C(=O)c3ccc(Cl)cc3Cl)c(=O)c2c1. The Kier molecular flexibility index (Phi) is 9.08. The second kappa shape index (κ2) is 12.9. The predicted molar refractivity (Wildman–Crippen MR) is 159 cm³/mol. The quantitative estimate of drug-likeness (QED) is 0.229. The Bertz CT molecular complexity index is 1620. The molecule has 3 aromatic carbocycles. The van der Waals surface area contributed by atoms with Crippen molar-refractivity contribution in [2.45, 2.75) is 39.0 Å². The first-order valence-electron chi connectivity index (χ1n) is 13.5. The summed E-state index contributed by atoms with van der Waals surface area (Å²) >= 11 is 12.4. The molecular weight excluding hydrogens is 563 g/mol. The van der Waals surface area contributed by atoms with Gasteiger partial charge in [0.05, 0.1) is 40.4 Å². The van der Waals surface area contributed by atoms with Crippen LogP contribution in [0.5, 0.6) is 0 Å². The van der Waals surface area contributed by atoms with Crippen LogP contribution >= 0.6 is 23.2 Å². The highest BCUT2D eigenvalue weighted by molar-refractivity contribution is 6.36. The zero-order valence-electron chi connectivity index (χ0n) is 22.6. The second-order valence-corrected chi connectivity index (χ2v) is 11.1. The molecule has 4 aromatic rings. The summed E-state index contributed by atoms with van der Waals surface area (Å²) < 4.78 is 11.5. The molecule has 1 saturated heterocycles. The maximum absolute atomic E-state index is 13.9. The summed E-state index contributed by atoms with van der Waals surface area (Å²) in [7, 11) is 0. The number of carbonyl (C=O) groups is 2. The molecule has 1 aliphatic rings. The molecule has 9 heteroatoms. The summed E-state index contributed by atoms with van der Waals surface area (Å²) in [5.74, 6) is -0.718. The molecule has 2 amide bonds. The van der Waals surface area contributed by atoms with Crippen LogP contribution in [0, 0.1) is 6.92 Å². The molecule has 212 valence electrons. The fourth-order valence-corrected chi connectivity index (χ4v) is 5.48. The third-order valence-corrected chi connectivity index (χ3v) is 7.70. The number of rotatable bonds is 9. The number of carbonyl (C=O) groups excluding carboxylic acids is 2. The van der Waals surface area contributed by atoms with Crippen molar-refractivity contribution in [2.24, 2.45) is 0 Å². The number of ether oxygens (including phenoxy) is 1. The van der Waals surface area contributed by atoms with Crippen LogP contribution in [0.1, 0.15) is 39.9 Å². The lowest BCUT2D eigenvalue weighted by Gasteiger charge is -2.29. The van der Waals surface area contributed by atoms with Crippen LogP contribution in [-0.4, -0.2) is 47.4 Å². The lowest BCUT2D eigenvalue weighted by atomic mass is 10.1. The van der Waals surface area contributed by atoms with E-state index in [1.807, 2.05) is 43.3 Å². The molecule has 1 atom stereocenters. The number of amides is 2. The minimum absolute atomic E-state index is 0.0175. The monoisotopic (exact) mass is 592 g/mol. The van der Waals surface area contributed by atoms with E-state index in [-0.39, 0.29) is 54.2 Å². The Balaban J connectivity index is 1.45. The lowest BCUT2D eigenvalue weighted by molar-refractivity contribution is -0.133. The Morgan fingerprint density at radius 1 is 0.976 bits per heavy atom. The molecule has 0 N–H and O–H groups in total. The first-order chi connectivity index (χ1) is 19.8. The highest BCUT2D eigenvalue weighted by Crippen LogP contribution is 2.24. The van der Waals surface area contributed by atoms with Gasteiger partial charge in [-0.15, -0.1) is 0 Å². The smallest absolute Gasteiger partial charge is 0.255 e. The largest absolute Gasteiger partial charge is 0.464 e. The van der Waals surface area contributed by atoms with E-state index in [1.165, 1.54) is 17.2 Å². The molecule has 1 unspecified atom stereocenters. The molecule has 41 heavy (non-hydrogen) atoms. The van der Waals surface area contributed by atoms with E-state index in [2.05, 4.69) is 0 Å². The van der Waals surface area contributed by atoms with Gasteiger partial charge in [-0.2, -0.15) is 0 Å². The minimum atomic E-state index is -0.393. The molecule has 0 bridgehead atoms. The van der Waals surface area contributed by atoms with Gasteiger partial charge in [0.25, 0.3) is 5.91 Å². The highest BCUT2D eigenvalue weighted by atomic mass is 35.5. The minimum Gasteiger partial charge on any atom is -0.464 e. The molecule has 1 aliphatic heterocycles. The standard InChI is InChI=1S/C32H30Cl2N2O5/c1-21-9-12-29-27(14-21)31(38)23(20-41-29)17-35(16-22-6-3-2-4-7-22)30(37)19-36(18-25-8-5-13-40-25)32(39)26-11-10-24(33)15-28(26)34/h2-4,6-7,9-12,14-15,20,25H,5,8,13,16-19H2,1H3. The number of halogens is 2. The molecule has 7 nitrogen and oxygen atoms in total. The fraction of sp³-hybridized carbons (Fsp3) is 0.281. The third-order valence-electron chi connectivity index (χ3n) is 7.15. The van der Waals surface area contributed by atoms with Gasteiger partial charge in [-0.3, -0.25) is 14.4 Å². The van der Waals surface area contributed by atoms with Gasteiger partial charge in [-0.05, 0) is 55.7 Å². The Morgan fingerprint density at radius 3 is 2.51 bits per heavy atom. The molecule has 0 aliphatic carbocycles. The number of fused-ring (bicyclic) bond motifs is 1. The van der Waals surface area contributed by atoms with E-state index < -0.39 is 5.91 Å². The van der Waals surface area contributed by atoms with Crippen LogP contribution in [0.15, 0.2) is 82.2 Å². The summed E-state index contributed by atoms with van der Waals surface area (Å²) in [5.41, 5.74) is 2.72. The average molecular weight is 594 g/mol. The molecular formula is C32H30Cl2N2O5. The van der Waals surface area contributed by atoms with Crippen LogP contribution in [-0.2, 0) is 22.6 Å². The third kappa shape index (κ3) is 6.99. The van der Waals surface area contributed by atoms with Gasteiger partial charge in [-0.25, -0.2) is 0 Å². The van der Waals surface area contributed by atoms with Crippen LogP contribution in [0.4, 0.5) is 0 Å². The first-order valence-corrected chi connectivity index (χ1v) is 14.2. The number of aryl methyl sites for hydroxylation is 1. The molecule has 1 aromatic heterocycles. The Morgan fingerprint density at radius 2 is 1.78 bits per heavy atom. The van der Waals surface area contributed by atoms with Crippen molar-refractivity contribution in [1.29, 1.82) is 0 Å². The van der Waals surface area contributed by atoms with Gasteiger partial charge in [0.15, 0.2) is 5.43 Å². The van der Waals surface area contributed by atoms with Gasteiger partial charge < -0.3 is 19.0 Å². The predicted octanol–water partition coefficient (Wildman–Crippen LogP) is 6.26. The molecule has 0 saturated carbocycles. The molecule has 5 rings (SSSR count). The molecule has 1 fully saturated rings. The topological polar surface area (TPSA) is 80.1 Å². The lowest BCUT2D eigenvalue weighted by Crippen LogP contribution is -2.45. The van der Waals surface area contributed by atoms with Crippen molar-refractivity contribution in [3.8, 4) is 0 Å². The van der Waals surface area contributed by atoms with Crippen LogP contribution in [0.25, 0.3) is 11.0 Å². The zero-order valence-corrected chi connectivity index (χ0v) is 24.2. The van der Waals surface area contributed by atoms with Crippen molar-refractivity contribution in [3.05, 3.63) is 116 Å². The summed E-state index contributed by atoms with van der Waals surface area (Å²) in [4.78, 5) is 44.1. The number of hydrogen-bond donors (Lipinski definition) is 0. The highest BCUT2D eigenvalue weighted by Gasteiger charge is 2.28. The van der Waals surface area contributed by atoms with Crippen LogP contribution in [0.3, 0.4) is 0 Å². The summed E-state index contributed by atoms with van der Waals surface area (Å²) in [6, 6.07) is 19.6.